The molecule has 162 valence electrons. The molecular formula is C21H34N4O4. The predicted octanol–water partition coefficient (Wildman–Crippen LogP) is 2.67. The zero-order chi connectivity index (χ0) is 20.3. The topological polar surface area (TPSA) is 77.0 Å². The van der Waals surface area contributed by atoms with Gasteiger partial charge in [0, 0.05) is 32.4 Å². The summed E-state index contributed by atoms with van der Waals surface area (Å²) in [6.07, 6.45) is 8.57. The van der Waals surface area contributed by atoms with Crippen molar-refractivity contribution in [3.8, 4) is 0 Å². The molecular weight excluding hydrogens is 372 g/mol. The van der Waals surface area contributed by atoms with E-state index >= 15 is 0 Å². The standard InChI is InChI=1S/C21H34N4O4/c1-2-3-4-5-6-7-12-29-20(26)18-17-22-21(25-10-15-28-16-11-25)23-19(18)24-8-13-27-14-9-24/h17H,2-16H2,1H3. The van der Waals surface area contributed by atoms with Gasteiger partial charge in [-0.3, -0.25) is 0 Å². The molecule has 2 fully saturated rings. The van der Waals surface area contributed by atoms with Gasteiger partial charge in [0.05, 0.1) is 33.0 Å². The van der Waals surface area contributed by atoms with E-state index in [0.29, 0.717) is 63.5 Å². The van der Waals surface area contributed by atoms with Gasteiger partial charge in [-0.1, -0.05) is 39.0 Å². The quantitative estimate of drug-likeness (QED) is 0.434. The predicted molar refractivity (Wildman–Crippen MR) is 112 cm³/mol. The van der Waals surface area contributed by atoms with Crippen molar-refractivity contribution in [2.75, 3.05) is 69.0 Å². The van der Waals surface area contributed by atoms with E-state index in [2.05, 4.69) is 21.7 Å². The highest BCUT2D eigenvalue weighted by Crippen LogP contribution is 2.23. The molecule has 8 nitrogen and oxygen atoms in total. The Morgan fingerprint density at radius 2 is 1.59 bits per heavy atom. The van der Waals surface area contributed by atoms with Crippen LogP contribution in [0, 0.1) is 0 Å². The van der Waals surface area contributed by atoms with Crippen LogP contribution in [0.5, 0.6) is 0 Å². The normalized spacial score (nSPS) is 17.4. The van der Waals surface area contributed by atoms with E-state index < -0.39 is 0 Å². The van der Waals surface area contributed by atoms with Crippen molar-refractivity contribution in [1.82, 2.24) is 9.97 Å². The number of hydrogen-bond donors (Lipinski definition) is 0. The second-order valence-electron chi connectivity index (χ2n) is 7.51. The molecule has 2 aliphatic rings. The zero-order valence-corrected chi connectivity index (χ0v) is 17.6. The van der Waals surface area contributed by atoms with E-state index in [-0.39, 0.29) is 5.97 Å². The van der Waals surface area contributed by atoms with Crippen LogP contribution in [0.15, 0.2) is 6.20 Å². The number of carbonyl (C=O) groups is 1. The Hall–Kier alpha value is -1.93. The Morgan fingerprint density at radius 1 is 0.966 bits per heavy atom. The summed E-state index contributed by atoms with van der Waals surface area (Å²) in [5, 5.41) is 0. The van der Waals surface area contributed by atoms with Crippen LogP contribution in [0.2, 0.25) is 0 Å². The van der Waals surface area contributed by atoms with Crippen LogP contribution in [-0.4, -0.2) is 75.2 Å². The first-order valence-electron chi connectivity index (χ1n) is 11.0. The Morgan fingerprint density at radius 3 is 2.28 bits per heavy atom. The first-order valence-corrected chi connectivity index (χ1v) is 11.0. The van der Waals surface area contributed by atoms with Gasteiger partial charge in [0.2, 0.25) is 5.95 Å². The summed E-state index contributed by atoms with van der Waals surface area (Å²) in [6, 6.07) is 0. The summed E-state index contributed by atoms with van der Waals surface area (Å²) in [5.41, 5.74) is 0.440. The highest BCUT2D eigenvalue weighted by atomic mass is 16.5. The molecule has 2 aliphatic heterocycles. The fourth-order valence-electron chi connectivity index (χ4n) is 3.56. The van der Waals surface area contributed by atoms with Crippen molar-refractivity contribution in [1.29, 1.82) is 0 Å². The molecule has 3 heterocycles. The highest BCUT2D eigenvalue weighted by molar-refractivity contribution is 5.94. The average Bonchev–Trinajstić information content (AvgIpc) is 2.79. The van der Waals surface area contributed by atoms with Crippen LogP contribution in [0.25, 0.3) is 0 Å². The van der Waals surface area contributed by atoms with Crippen molar-refractivity contribution in [3.63, 3.8) is 0 Å². The third-order valence-corrected chi connectivity index (χ3v) is 5.31. The molecule has 0 bridgehead atoms. The van der Waals surface area contributed by atoms with Crippen LogP contribution >= 0.6 is 0 Å². The Bertz CT molecular complexity index is 631. The van der Waals surface area contributed by atoms with Gasteiger partial charge >= 0.3 is 5.97 Å². The average molecular weight is 407 g/mol. The molecule has 0 aliphatic carbocycles. The lowest BCUT2D eigenvalue weighted by atomic mass is 10.1. The van der Waals surface area contributed by atoms with Crippen LogP contribution in [0.4, 0.5) is 11.8 Å². The summed E-state index contributed by atoms with van der Waals surface area (Å²) >= 11 is 0. The molecule has 29 heavy (non-hydrogen) atoms. The molecule has 0 unspecified atom stereocenters. The maximum Gasteiger partial charge on any atom is 0.343 e. The van der Waals surface area contributed by atoms with Crippen LogP contribution < -0.4 is 9.80 Å². The van der Waals surface area contributed by atoms with Crippen LogP contribution in [0.3, 0.4) is 0 Å². The maximum absolute atomic E-state index is 12.7. The second kappa shape index (κ2) is 11.9. The smallest absolute Gasteiger partial charge is 0.343 e. The molecule has 0 saturated carbocycles. The van der Waals surface area contributed by atoms with E-state index in [9.17, 15) is 4.79 Å². The molecule has 8 heteroatoms. The second-order valence-corrected chi connectivity index (χ2v) is 7.51. The van der Waals surface area contributed by atoms with Crippen molar-refractivity contribution in [3.05, 3.63) is 11.8 Å². The monoisotopic (exact) mass is 406 g/mol. The lowest BCUT2D eigenvalue weighted by Gasteiger charge is -2.31. The summed E-state index contributed by atoms with van der Waals surface area (Å²) in [5.74, 6) is 0.952. The van der Waals surface area contributed by atoms with Gasteiger partial charge in [-0.2, -0.15) is 4.98 Å². The highest BCUT2D eigenvalue weighted by Gasteiger charge is 2.24. The molecule has 0 amide bonds. The third-order valence-electron chi connectivity index (χ3n) is 5.31. The largest absolute Gasteiger partial charge is 0.462 e. The first kappa shape index (κ1) is 21.8. The molecule has 2 saturated heterocycles. The number of morpholine rings is 2. The number of anilines is 2. The minimum Gasteiger partial charge on any atom is -0.462 e. The molecule has 3 rings (SSSR count). The number of esters is 1. The van der Waals surface area contributed by atoms with Gasteiger partial charge in [-0.25, -0.2) is 9.78 Å². The lowest BCUT2D eigenvalue weighted by molar-refractivity contribution is 0.0496. The Balaban J connectivity index is 1.63. The molecule has 1 aromatic rings. The van der Waals surface area contributed by atoms with E-state index in [1.807, 2.05) is 0 Å². The maximum atomic E-state index is 12.7. The third kappa shape index (κ3) is 6.54. The SMILES string of the molecule is CCCCCCCCOC(=O)c1cnc(N2CCOCC2)nc1N1CCOCC1. The number of nitrogens with zero attached hydrogens (tertiary/aromatic N) is 4. The summed E-state index contributed by atoms with van der Waals surface area (Å²) in [4.78, 5) is 26.1. The van der Waals surface area contributed by atoms with E-state index in [1.165, 1.54) is 25.7 Å². The molecule has 0 N–H and O–H groups in total. The fourth-order valence-corrected chi connectivity index (χ4v) is 3.56. The van der Waals surface area contributed by atoms with E-state index in [0.717, 1.165) is 25.9 Å². The first-order chi connectivity index (χ1) is 14.3. The van der Waals surface area contributed by atoms with Gasteiger partial charge in [0.25, 0.3) is 0 Å². The van der Waals surface area contributed by atoms with Gasteiger partial charge in [-0.05, 0) is 6.42 Å². The number of rotatable bonds is 10. The minimum atomic E-state index is -0.339. The summed E-state index contributed by atoms with van der Waals surface area (Å²) in [6.45, 7) is 8.16. The van der Waals surface area contributed by atoms with Gasteiger partial charge in [-0.15, -0.1) is 0 Å². The van der Waals surface area contributed by atoms with E-state index in [1.54, 1.807) is 6.20 Å². The minimum absolute atomic E-state index is 0.339. The molecule has 0 radical (unpaired) electrons. The molecule has 1 aromatic heterocycles. The van der Waals surface area contributed by atoms with Crippen LogP contribution in [-0.2, 0) is 14.2 Å². The Kier molecular flexibility index (Phi) is 8.95. The molecule has 0 atom stereocenters. The van der Waals surface area contributed by atoms with Crippen molar-refractivity contribution in [2.24, 2.45) is 0 Å². The lowest BCUT2D eigenvalue weighted by Crippen LogP contribution is -2.40. The molecule has 0 aromatic carbocycles. The zero-order valence-electron chi connectivity index (χ0n) is 17.6. The molecule has 0 spiro atoms. The van der Waals surface area contributed by atoms with Crippen LogP contribution in [0.1, 0.15) is 55.8 Å². The number of carbonyl (C=O) groups excluding carboxylic acids is 1. The number of unbranched alkanes of at least 4 members (excludes halogenated alkanes) is 5. The van der Waals surface area contributed by atoms with Gasteiger partial charge in [0.15, 0.2) is 0 Å². The van der Waals surface area contributed by atoms with Gasteiger partial charge in [0.1, 0.15) is 11.4 Å². The number of aromatic nitrogens is 2. The summed E-state index contributed by atoms with van der Waals surface area (Å²) in [7, 11) is 0. The summed E-state index contributed by atoms with van der Waals surface area (Å²) < 4.78 is 16.4. The number of ether oxygens (including phenoxy) is 3. The van der Waals surface area contributed by atoms with Crippen molar-refractivity contribution < 1.29 is 19.0 Å². The van der Waals surface area contributed by atoms with Crippen molar-refractivity contribution in [2.45, 2.75) is 45.4 Å². The van der Waals surface area contributed by atoms with Crippen molar-refractivity contribution >= 4 is 17.7 Å². The Labute approximate surface area is 173 Å². The number of hydrogen-bond acceptors (Lipinski definition) is 8. The van der Waals surface area contributed by atoms with Gasteiger partial charge < -0.3 is 24.0 Å². The fraction of sp³-hybridized carbons (Fsp3) is 0.762. The van der Waals surface area contributed by atoms with E-state index in [4.69, 9.17) is 19.2 Å².